The lowest BCUT2D eigenvalue weighted by atomic mass is 10.1. The lowest BCUT2D eigenvalue weighted by Crippen LogP contribution is -2.12. The van der Waals surface area contributed by atoms with Gasteiger partial charge in [-0.05, 0) is 12.1 Å². The van der Waals surface area contributed by atoms with E-state index < -0.39 is 41.2 Å². The quantitative estimate of drug-likeness (QED) is 0.265. The van der Waals surface area contributed by atoms with E-state index in [2.05, 4.69) is 4.98 Å². The van der Waals surface area contributed by atoms with Crippen LogP contribution in [0.3, 0.4) is 0 Å². The van der Waals surface area contributed by atoms with Crippen LogP contribution in [-0.2, 0) is 6.54 Å². The summed E-state index contributed by atoms with van der Waals surface area (Å²) in [5.74, 6) is -9.43. The Kier molecular flexibility index (Phi) is 4.14. The Labute approximate surface area is 150 Å². The van der Waals surface area contributed by atoms with E-state index in [4.69, 9.17) is 0 Å². The van der Waals surface area contributed by atoms with Gasteiger partial charge in [0, 0.05) is 11.1 Å². The lowest BCUT2D eigenvalue weighted by Gasteiger charge is -2.12. The molecule has 3 aromatic carbocycles. The predicted molar refractivity (Wildman–Crippen MR) is 90.5 cm³/mol. The van der Waals surface area contributed by atoms with E-state index in [1.807, 2.05) is 0 Å². The van der Waals surface area contributed by atoms with Gasteiger partial charge in [0.05, 0.1) is 17.6 Å². The number of nitrogens with zero attached hydrogens (tertiary/aromatic N) is 2. The third kappa shape index (κ3) is 2.75. The van der Waals surface area contributed by atoms with Crippen molar-refractivity contribution in [2.75, 3.05) is 0 Å². The fourth-order valence-electron chi connectivity index (χ4n) is 2.99. The normalized spacial score (nSPS) is 11.3. The summed E-state index contributed by atoms with van der Waals surface area (Å²) in [5.41, 5.74) is 0.796. The Hall–Kier alpha value is -3.22. The van der Waals surface area contributed by atoms with Gasteiger partial charge in [0.25, 0.3) is 0 Å². The summed E-state index contributed by atoms with van der Waals surface area (Å²) in [5, 5.41) is 0. The van der Waals surface area contributed by atoms with Crippen molar-refractivity contribution in [2.24, 2.45) is 0 Å². The third-order valence-corrected chi connectivity index (χ3v) is 4.30. The van der Waals surface area contributed by atoms with Crippen molar-refractivity contribution >= 4 is 11.0 Å². The molecule has 1 heterocycles. The Morgan fingerprint density at radius 1 is 0.667 bits per heavy atom. The number of benzene rings is 3. The largest absolute Gasteiger partial charge is 0.319 e. The molecule has 2 nitrogen and oxygen atoms in total. The van der Waals surface area contributed by atoms with E-state index in [-0.39, 0.29) is 0 Å². The average molecular weight is 374 g/mol. The molecule has 0 unspecified atom stereocenters. The highest BCUT2D eigenvalue weighted by Crippen LogP contribution is 2.29. The van der Waals surface area contributed by atoms with Crippen molar-refractivity contribution in [3.63, 3.8) is 0 Å². The molecule has 27 heavy (non-hydrogen) atoms. The molecule has 0 bridgehead atoms. The Balaban J connectivity index is 1.96. The van der Waals surface area contributed by atoms with Crippen molar-refractivity contribution in [3.05, 3.63) is 89.2 Å². The second-order valence-corrected chi connectivity index (χ2v) is 5.92. The molecule has 0 aliphatic carbocycles. The maximum atomic E-state index is 14.2. The second kappa shape index (κ2) is 6.50. The zero-order valence-corrected chi connectivity index (χ0v) is 13.7. The molecule has 0 N–H and O–H groups in total. The van der Waals surface area contributed by atoms with Gasteiger partial charge in [0.2, 0.25) is 5.82 Å². The number of aromatic nitrogens is 2. The molecule has 0 spiro atoms. The Morgan fingerprint density at radius 3 is 1.89 bits per heavy atom. The lowest BCUT2D eigenvalue weighted by molar-refractivity contribution is 0.368. The maximum Gasteiger partial charge on any atom is 0.200 e. The Bertz CT molecular complexity index is 1120. The van der Waals surface area contributed by atoms with Crippen molar-refractivity contribution in [1.29, 1.82) is 0 Å². The van der Waals surface area contributed by atoms with Gasteiger partial charge in [0.1, 0.15) is 5.82 Å². The van der Waals surface area contributed by atoms with Crippen LogP contribution in [0.15, 0.2) is 54.6 Å². The molecule has 0 fully saturated rings. The number of halogens is 5. The number of para-hydroxylation sites is 2. The minimum atomic E-state index is -2.17. The summed E-state index contributed by atoms with van der Waals surface area (Å²) in [7, 11) is 0. The van der Waals surface area contributed by atoms with Crippen LogP contribution >= 0.6 is 0 Å². The number of imidazole rings is 1. The van der Waals surface area contributed by atoms with Crippen LogP contribution in [0.2, 0.25) is 0 Å². The SMILES string of the molecule is Fc1c(F)c(F)c(Cn2c(-c3ccccc3)nc3ccccc32)c(F)c1F. The summed E-state index contributed by atoms with van der Waals surface area (Å²) in [6.45, 7) is -0.559. The summed E-state index contributed by atoms with van der Waals surface area (Å²) in [6, 6.07) is 15.6. The summed E-state index contributed by atoms with van der Waals surface area (Å²) in [6.07, 6.45) is 0. The molecule has 7 heteroatoms. The number of hydrogen-bond acceptors (Lipinski definition) is 1. The van der Waals surface area contributed by atoms with E-state index in [1.54, 1.807) is 54.6 Å². The molecule has 0 saturated heterocycles. The monoisotopic (exact) mass is 374 g/mol. The first-order valence-corrected chi connectivity index (χ1v) is 8.00. The summed E-state index contributed by atoms with van der Waals surface area (Å²) < 4.78 is 70.3. The molecular weight excluding hydrogens is 363 g/mol. The minimum absolute atomic E-state index is 0.362. The van der Waals surface area contributed by atoms with Gasteiger partial charge in [-0.1, -0.05) is 42.5 Å². The van der Waals surface area contributed by atoms with E-state index in [9.17, 15) is 22.0 Å². The van der Waals surface area contributed by atoms with Crippen molar-refractivity contribution in [3.8, 4) is 11.4 Å². The second-order valence-electron chi connectivity index (χ2n) is 5.92. The summed E-state index contributed by atoms with van der Waals surface area (Å²) in [4.78, 5) is 4.46. The van der Waals surface area contributed by atoms with Crippen LogP contribution in [0.4, 0.5) is 22.0 Å². The van der Waals surface area contributed by atoms with Crippen molar-refractivity contribution in [2.45, 2.75) is 6.54 Å². The Morgan fingerprint density at radius 2 is 1.22 bits per heavy atom. The highest BCUT2D eigenvalue weighted by molar-refractivity contribution is 5.80. The topological polar surface area (TPSA) is 17.8 Å². The molecule has 0 radical (unpaired) electrons. The highest BCUT2D eigenvalue weighted by atomic mass is 19.2. The zero-order chi connectivity index (χ0) is 19.1. The number of fused-ring (bicyclic) bond motifs is 1. The molecule has 0 aliphatic heterocycles. The molecule has 0 aliphatic rings. The molecule has 136 valence electrons. The molecule has 0 saturated carbocycles. The molecule has 0 atom stereocenters. The summed E-state index contributed by atoms with van der Waals surface area (Å²) >= 11 is 0. The van der Waals surface area contributed by atoms with Gasteiger partial charge in [-0.15, -0.1) is 0 Å². The highest BCUT2D eigenvalue weighted by Gasteiger charge is 2.27. The van der Waals surface area contributed by atoms with E-state index in [0.717, 1.165) is 0 Å². The van der Waals surface area contributed by atoms with Crippen LogP contribution in [0.5, 0.6) is 0 Å². The number of rotatable bonds is 3. The first-order valence-electron chi connectivity index (χ1n) is 8.00. The minimum Gasteiger partial charge on any atom is -0.319 e. The molecule has 4 aromatic rings. The van der Waals surface area contributed by atoms with Gasteiger partial charge in [0.15, 0.2) is 23.3 Å². The zero-order valence-electron chi connectivity index (χ0n) is 13.7. The molecule has 0 amide bonds. The smallest absolute Gasteiger partial charge is 0.200 e. The van der Waals surface area contributed by atoms with Crippen LogP contribution in [0, 0.1) is 29.1 Å². The molecule has 4 rings (SSSR count). The van der Waals surface area contributed by atoms with Crippen molar-refractivity contribution in [1.82, 2.24) is 9.55 Å². The maximum absolute atomic E-state index is 14.2. The van der Waals surface area contributed by atoms with Crippen LogP contribution in [0.25, 0.3) is 22.4 Å². The van der Waals surface area contributed by atoms with Gasteiger partial charge >= 0.3 is 0 Å². The fourth-order valence-corrected chi connectivity index (χ4v) is 2.99. The molecular formula is C20H11F5N2. The van der Waals surface area contributed by atoms with Gasteiger partial charge < -0.3 is 4.57 Å². The first kappa shape index (κ1) is 17.2. The van der Waals surface area contributed by atoms with E-state index in [1.165, 1.54) is 4.57 Å². The van der Waals surface area contributed by atoms with Crippen LogP contribution < -0.4 is 0 Å². The van der Waals surface area contributed by atoms with Crippen LogP contribution in [-0.4, -0.2) is 9.55 Å². The average Bonchev–Trinajstić information content (AvgIpc) is 3.07. The van der Waals surface area contributed by atoms with Crippen molar-refractivity contribution < 1.29 is 22.0 Å². The third-order valence-electron chi connectivity index (χ3n) is 4.30. The standard InChI is InChI=1S/C20H11F5N2/c21-15-12(16(22)18(24)19(25)17(15)23)10-27-14-9-5-4-8-13(14)26-20(27)11-6-2-1-3-7-11/h1-9H,10H2. The van der Waals surface area contributed by atoms with E-state index in [0.29, 0.717) is 22.4 Å². The van der Waals surface area contributed by atoms with E-state index >= 15 is 0 Å². The van der Waals surface area contributed by atoms with Gasteiger partial charge in [-0.3, -0.25) is 0 Å². The van der Waals surface area contributed by atoms with Gasteiger partial charge in [-0.25, -0.2) is 26.9 Å². The van der Waals surface area contributed by atoms with Gasteiger partial charge in [-0.2, -0.15) is 0 Å². The molecule has 1 aromatic heterocycles. The van der Waals surface area contributed by atoms with Crippen LogP contribution in [0.1, 0.15) is 5.56 Å². The fraction of sp³-hybridized carbons (Fsp3) is 0.0500. The predicted octanol–water partition coefficient (Wildman–Crippen LogP) is 5.45. The number of hydrogen-bond donors (Lipinski definition) is 0. The first-order chi connectivity index (χ1) is 13.0.